The third-order valence-corrected chi connectivity index (χ3v) is 5.88. The molecule has 2 heterocycles. The largest absolute Gasteiger partial charge is 0.329 e. The minimum absolute atomic E-state index is 0.347. The Morgan fingerprint density at radius 2 is 1.90 bits per heavy atom. The average Bonchev–Trinajstić information content (AvgIpc) is 2.53. The highest BCUT2D eigenvalue weighted by atomic mass is 15.2. The first-order valence-corrected chi connectivity index (χ1v) is 8.59. The van der Waals surface area contributed by atoms with Crippen molar-refractivity contribution in [1.29, 1.82) is 0 Å². The molecule has 3 nitrogen and oxygen atoms in total. The van der Waals surface area contributed by atoms with Gasteiger partial charge in [-0.3, -0.25) is 9.88 Å². The highest BCUT2D eigenvalue weighted by Gasteiger charge is 2.37. The molecule has 2 aliphatic rings. The zero-order valence-electron chi connectivity index (χ0n) is 13.4. The van der Waals surface area contributed by atoms with E-state index >= 15 is 0 Å². The SMILES string of the molecule is Cc1ccncc1C(CN)N1CCC2(CCCCC2)CC1. The predicted octanol–water partition coefficient (Wildman–Crippen LogP) is 3.44. The van der Waals surface area contributed by atoms with Crippen LogP contribution in [0.4, 0.5) is 0 Å². The zero-order chi connectivity index (χ0) is 14.7. The summed E-state index contributed by atoms with van der Waals surface area (Å²) in [6, 6.07) is 2.45. The fourth-order valence-corrected chi connectivity index (χ4v) is 4.41. The molecule has 1 aromatic heterocycles. The Bertz CT molecular complexity index is 455. The summed E-state index contributed by atoms with van der Waals surface area (Å²) >= 11 is 0. The van der Waals surface area contributed by atoms with Crippen molar-refractivity contribution in [2.45, 2.75) is 57.9 Å². The summed E-state index contributed by atoms with van der Waals surface area (Å²) in [5.74, 6) is 0. The summed E-state index contributed by atoms with van der Waals surface area (Å²) in [5.41, 5.74) is 9.41. The van der Waals surface area contributed by atoms with Crippen LogP contribution in [0.2, 0.25) is 0 Å². The van der Waals surface area contributed by atoms with Gasteiger partial charge in [0.2, 0.25) is 0 Å². The molecule has 1 atom stereocenters. The van der Waals surface area contributed by atoms with Gasteiger partial charge in [0.15, 0.2) is 0 Å². The number of rotatable bonds is 3. The smallest absolute Gasteiger partial charge is 0.0488 e. The van der Waals surface area contributed by atoms with E-state index in [1.54, 1.807) is 0 Å². The molecule has 2 fully saturated rings. The van der Waals surface area contributed by atoms with Crippen molar-refractivity contribution in [1.82, 2.24) is 9.88 Å². The molecule has 2 N–H and O–H groups in total. The maximum atomic E-state index is 6.11. The van der Waals surface area contributed by atoms with Gasteiger partial charge < -0.3 is 5.73 Å². The van der Waals surface area contributed by atoms with Crippen molar-refractivity contribution in [2.24, 2.45) is 11.1 Å². The highest BCUT2D eigenvalue weighted by Crippen LogP contribution is 2.45. The van der Waals surface area contributed by atoms with E-state index in [1.165, 1.54) is 69.2 Å². The minimum atomic E-state index is 0.347. The predicted molar refractivity (Wildman–Crippen MR) is 87.1 cm³/mol. The van der Waals surface area contributed by atoms with E-state index in [0.717, 1.165) is 0 Å². The number of piperidine rings is 1. The molecular weight excluding hydrogens is 258 g/mol. The molecule has 1 saturated carbocycles. The molecule has 1 spiro atoms. The van der Waals surface area contributed by atoms with Crippen LogP contribution in [0, 0.1) is 12.3 Å². The van der Waals surface area contributed by atoms with E-state index in [-0.39, 0.29) is 0 Å². The normalized spacial score (nSPS) is 24.1. The zero-order valence-corrected chi connectivity index (χ0v) is 13.4. The fourth-order valence-electron chi connectivity index (χ4n) is 4.41. The van der Waals surface area contributed by atoms with Crippen LogP contribution in [0.5, 0.6) is 0 Å². The molecule has 1 aliphatic carbocycles. The maximum absolute atomic E-state index is 6.11. The van der Waals surface area contributed by atoms with E-state index in [1.807, 2.05) is 12.4 Å². The lowest BCUT2D eigenvalue weighted by atomic mass is 9.68. The molecule has 0 radical (unpaired) electrons. The third kappa shape index (κ3) is 3.14. The Labute approximate surface area is 128 Å². The van der Waals surface area contributed by atoms with Crippen LogP contribution in [-0.2, 0) is 0 Å². The van der Waals surface area contributed by atoms with Crippen molar-refractivity contribution >= 4 is 0 Å². The van der Waals surface area contributed by atoms with E-state index in [9.17, 15) is 0 Å². The molecule has 1 aromatic rings. The summed E-state index contributed by atoms with van der Waals surface area (Å²) in [6.45, 7) is 5.28. The first-order chi connectivity index (χ1) is 10.2. The van der Waals surface area contributed by atoms with Crippen LogP contribution in [0.25, 0.3) is 0 Å². The molecule has 3 rings (SSSR count). The monoisotopic (exact) mass is 287 g/mol. The highest BCUT2D eigenvalue weighted by molar-refractivity contribution is 5.25. The van der Waals surface area contributed by atoms with Crippen LogP contribution in [0.1, 0.15) is 62.1 Å². The van der Waals surface area contributed by atoms with E-state index in [2.05, 4.69) is 22.9 Å². The topological polar surface area (TPSA) is 42.1 Å². The number of aryl methyl sites for hydroxylation is 1. The van der Waals surface area contributed by atoms with Crippen molar-refractivity contribution in [3.05, 3.63) is 29.6 Å². The van der Waals surface area contributed by atoms with Crippen molar-refractivity contribution in [3.8, 4) is 0 Å². The van der Waals surface area contributed by atoms with Gasteiger partial charge in [-0.25, -0.2) is 0 Å². The molecule has 0 aromatic carbocycles. The molecule has 116 valence electrons. The van der Waals surface area contributed by atoms with Crippen LogP contribution in [0.3, 0.4) is 0 Å². The molecule has 1 unspecified atom stereocenters. The van der Waals surface area contributed by atoms with Crippen molar-refractivity contribution in [2.75, 3.05) is 19.6 Å². The second-order valence-electron chi connectivity index (χ2n) is 7.08. The molecule has 21 heavy (non-hydrogen) atoms. The molecule has 3 heteroatoms. The number of aromatic nitrogens is 1. The van der Waals surface area contributed by atoms with Gasteiger partial charge in [-0.1, -0.05) is 19.3 Å². The fraction of sp³-hybridized carbons (Fsp3) is 0.722. The van der Waals surface area contributed by atoms with Gasteiger partial charge in [-0.2, -0.15) is 0 Å². The van der Waals surface area contributed by atoms with Crippen LogP contribution in [-0.4, -0.2) is 29.5 Å². The molecule has 1 saturated heterocycles. The average molecular weight is 287 g/mol. The van der Waals surface area contributed by atoms with Gasteiger partial charge in [-0.05, 0) is 68.3 Å². The number of hydrogen-bond acceptors (Lipinski definition) is 3. The number of likely N-dealkylation sites (tertiary alicyclic amines) is 1. The lowest BCUT2D eigenvalue weighted by molar-refractivity contribution is 0.0462. The number of nitrogens with zero attached hydrogens (tertiary/aromatic N) is 2. The van der Waals surface area contributed by atoms with Crippen molar-refractivity contribution in [3.63, 3.8) is 0 Å². The van der Waals surface area contributed by atoms with Gasteiger partial charge in [-0.15, -0.1) is 0 Å². The quantitative estimate of drug-likeness (QED) is 0.926. The lowest BCUT2D eigenvalue weighted by Gasteiger charge is -2.46. The van der Waals surface area contributed by atoms with Gasteiger partial charge in [0.05, 0.1) is 0 Å². The second-order valence-corrected chi connectivity index (χ2v) is 7.08. The Balaban J connectivity index is 1.68. The molecule has 0 bridgehead atoms. The Hall–Kier alpha value is -0.930. The molecule has 1 aliphatic heterocycles. The van der Waals surface area contributed by atoms with Crippen LogP contribution >= 0.6 is 0 Å². The minimum Gasteiger partial charge on any atom is -0.329 e. The number of pyridine rings is 1. The van der Waals surface area contributed by atoms with Gasteiger partial charge >= 0.3 is 0 Å². The van der Waals surface area contributed by atoms with Crippen LogP contribution in [0.15, 0.2) is 18.5 Å². The van der Waals surface area contributed by atoms with E-state index in [0.29, 0.717) is 18.0 Å². The Morgan fingerprint density at radius 1 is 1.19 bits per heavy atom. The standard InChI is InChI=1S/C18H29N3/c1-15-5-10-20-14-16(15)17(13-19)21-11-8-18(9-12-21)6-3-2-4-7-18/h5,10,14,17H,2-4,6-9,11-13,19H2,1H3. The summed E-state index contributed by atoms with van der Waals surface area (Å²) in [6.07, 6.45) is 13.9. The summed E-state index contributed by atoms with van der Waals surface area (Å²) in [4.78, 5) is 6.91. The first-order valence-electron chi connectivity index (χ1n) is 8.59. The van der Waals surface area contributed by atoms with E-state index in [4.69, 9.17) is 5.73 Å². The maximum Gasteiger partial charge on any atom is 0.0488 e. The van der Waals surface area contributed by atoms with Gasteiger partial charge in [0.25, 0.3) is 0 Å². The lowest BCUT2D eigenvalue weighted by Crippen LogP contribution is -2.44. The first kappa shape index (κ1) is 15.0. The summed E-state index contributed by atoms with van der Waals surface area (Å²) in [5, 5.41) is 0. The number of nitrogens with two attached hydrogens (primary N) is 1. The van der Waals surface area contributed by atoms with Crippen LogP contribution < -0.4 is 5.73 Å². The van der Waals surface area contributed by atoms with E-state index < -0.39 is 0 Å². The summed E-state index contributed by atoms with van der Waals surface area (Å²) < 4.78 is 0. The molecule has 0 amide bonds. The Kier molecular flexibility index (Phi) is 4.60. The van der Waals surface area contributed by atoms with Gasteiger partial charge in [0, 0.05) is 25.0 Å². The third-order valence-electron chi connectivity index (χ3n) is 5.88. The summed E-state index contributed by atoms with van der Waals surface area (Å²) in [7, 11) is 0. The van der Waals surface area contributed by atoms with Gasteiger partial charge in [0.1, 0.15) is 0 Å². The second kappa shape index (κ2) is 6.45. The molecular formula is C18H29N3. The Morgan fingerprint density at radius 3 is 2.52 bits per heavy atom. The van der Waals surface area contributed by atoms with Crippen molar-refractivity contribution < 1.29 is 0 Å². The number of hydrogen-bond donors (Lipinski definition) is 1.